The van der Waals surface area contributed by atoms with Gasteiger partial charge in [-0.25, -0.2) is 9.18 Å². The molecule has 118 valence electrons. The Morgan fingerprint density at radius 1 is 1.62 bits per heavy atom. The maximum Gasteiger partial charge on any atom is 0.330 e. The Balaban J connectivity index is 2.22. The van der Waals surface area contributed by atoms with Crippen LogP contribution >= 0.6 is 7.60 Å². The molecule has 0 aromatic carbocycles. The third-order valence-corrected chi connectivity index (χ3v) is 4.71. The second-order valence-electron chi connectivity index (χ2n) is 4.86. The Morgan fingerprint density at radius 2 is 2.29 bits per heavy atom. The van der Waals surface area contributed by atoms with E-state index >= 15 is 0 Å². The summed E-state index contributed by atoms with van der Waals surface area (Å²) in [6, 6.07) is 0. The molecule has 10 heteroatoms. The lowest BCUT2D eigenvalue weighted by molar-refractivity contribution is -0.00127. The van der Waals surface area contributed by atoms with E-state index in [9.17, 15) is 23.4 Å². The minimum atomic E-state index is -3.92. The highest BCUT2D eigenvalue weighted by Gasteiger charge is 2.41. The number of hydrogen-bond acceptors (Lipinski definition) is 5. The molecule has 0 radical (unpaired) electrons. The van der Waals surface area contributed by atoms with Crippen molar-refractivity contribution in [1.29, 1.82) is 0 Å². The molecule has 0 aliphatic carbocycles. The van der Waals surface area contributed by atoms with Crippen LogP contribution in [-0.4, -0.2) is 40.0 Å². The topological polar surface area (TPSA) is 111 Å². The SMILES string of the molecule is COP(=O)(O)C[C@H]1O[C@@H](n2cc(C)c(=O)[nH]c2=O)C[C@@H]1F. The summed E-state index contributed by atoms with van der Waals surface area (Å²) in [6.45, 7) is 1.50. The molecule has 1 unspecified atom stereocenters. The molecule has 1 saturated heterocycles. The van der Waals surface area contributed by atoms with Gasteiger partial charge >= 0.3 is 13.3 Å². The van der Waals surface area contributed by atoms with Gasteiger partial charge in [0.1, 0.15) is 18.5 Å². The average Bonchev–Trinajstić information content (AvgIpc) is 2.74. The van der Waals surface area contributed by atoms with Crippen LogP contribution < -0.4 is 11.2 Å². The smallest absolute Gasteiger partial charge is 0.330 e. The first-order valence-corrected chi connectivity index (χ1v) is 7.99. The van der Waals surface area contributed by atoms with Gasteiger partial charge in [-0.1, -0.05) is 0 Å². The quantitative estimate of drug-likeness (QED) is 0.772. The van der Waals surface area contributed by atoms with Gasteiger partial charge in [0.25, 0.3) is 5.56 Å². The number of hydrogen-bond donors (Lipinski definition) is 2. The number of nitrogens with zero attached hydrogens (tertiary/aromatic N) is 1. The molecule has 0 saturated carbocycles. The Morgan fingerprint density at radius 3 is 2.90 bits per heavy atom. The zero-order chi connectivity index (χ0) is 15.8. The van der Waals surface area contributed by atoms with E-state index in [4.69, 9.17) is 4.74 Å². The minimum Gasteiger partial charge on any atom is -0.351 e. The van der Waals surface area contributed by atoms with E-state index in [1.54, 1.807) is 0 Å². The monoisotopic (exact) mass is 322 g/mol. The number of aromatic amines is 1. The highest BCUT2D eigenvalue weighted by atomic mass is 31.2. The first-order valence-electron chi connectivity index (χ1n) is 6.22. The largest absolute Gasteiger partial charge is 0.351 e. The molecular formula is C11H16FN2O6P. The number of ether oxygens (including phenoxy) is 1. The standard InChI is InChI=1S/C11H16FN2O6P/c1-6-4-14(11(16)13-10(6)15)9-3-7(12)8(20-9)5-21(17,18)19-2/h4,7-9H,3,5H2,1-2H3,(H,17,18)(H,13,15,16)/t7-,8+,9+/m0/s1. The van der Waals surface area contributed by atoms with E-state index in [0.29, 0.717) is 0 Å². The van der Waals surface area contributed by atoms with Gasteiger partial charge in [0.05, 0.1) is 6.16 Å². The number of nitrogens with one attached hydrogen (secondary N) is 1. The fourth-order valence-electron chi connectivity index (χ4n) is 2.13. The normalized spacial score (nSPS) is 28.5. The van der Waals surface area contributed by atoms with Gasteiger partial charge in [0.2, 0.25) is 0 Å². The third-order valence-electron chi connectivity index (χ3n) is 3.31. The van der Waals surface area contributed by atoms with Crippen molar-refractivity contribution in [1.82, 2.24) is 9.55 Å². The minimum absolute atomic E-state index is 0.153. The summed E-state index contributed by atoms with van der Waals surface area (Å²) in [5.41, 5.74) is -0.967. The summed E-state index contributed by atoms with van der Waals surface area (Å²) >= 11 is 0. The second kappa shape index (κ2) is 5.84. The number of aromatic nitrogens is 2. The molecule has 1 aliphatic heterocycles. The van der Waals surface area contributed by atoms with Crippen LogP contribution in [0.3, 0.4) is 0 Å². The molecule has 2 N–H and O–H groups in total. The van der Waals surface area contributed by atoms with Crippen molar-refractivity contribution in [2.75, 3.05) is 13.3 Å². The van der Waals surface area contributed by atoms with Crippen LogP contribution in [0.15, 0.2) is 15.8 Å². The molecule has 21 heavy (non-hydrogen) atoms. The van der Waals surface area contributed by atoms with E-state index in [1.165, 1.54) is 13.1 Å². The maximum absolute atomic E-state index is 13.9. The lowest BCUT2D eigenvalue weighted by Crippen LogP contribution is -2.33. The maximum atomic E-state index is 13.9. The first kappa shape index (κ1) is 16.1. The molecule has 1 aromatic rings. The highest BCUT2D eigenvalue weighted by Crippen LogP contribution is 2.45. The molecule has 8 nitrogen and oxygen atoms in total. The molecule has 1 aromatic heterocycles. The lowest BCUT2D eigenvalue weighted by Gasteiger charge is -2.17. The zero-order valence-electron chi connectivity index (χ0n) is 11.5. The molecule has 1 fully saturated rings. The van der Waals surface area contributed by atoms with E-state index in [1.807, 2.05) is 0 Å². The Bertz CT molecular complexity index is 686. The molecule has 2 heterocycles. The number of H-pyrrole nitrogens is 1. The number of alkyl halides is 1. The van der Waals surface area contributed by atoms with E-state index < -0.39 is 43.5 Å². The van der Waals surface area contributed by atoms with Crippen LogP contribution in [0.2, 0.25) is 0 Å². The number of halogens is 1. The van der Waals surface area contributed by atoms with Gasteiger partial charge < -0.3 is 14.2 Å². The first-order chi connectivity index (χ1) is 9.73. The van der Waals surface area contributed by atoms with Crippen LogP contribution in [0.4, 0.5) is 4.39 Å². The molecular weight excluding hydrogens is 306 g/mol. The summed E-state index contributed by atoms with van der Waals surface area (Å²) in [6.07, 6.45) is -2.98. The Labute approximate surface area is 119 Å². The fraction of sp³-hybridized carbons (Fsp3) is 0.636. The summed E-state index contributed by atoms with van der Waals surface area (Å²) < 4.78 is 36.2. The van der Waals surface area contributed by atoms with Crippen LogP contribution in [0.5, 0.6) is 0 Å². The van der Waals surface area contributed by atoms with Gasteiger partial charge in [0.15, 0.2) is 0 Å². The lowest BCUT2D eigenvalue weighted by atomic mass is 10.2. The van der Waals surface area contributed by atoms with Crippen molar-refractivity contribution in [2.45, 2.75) is 31.8 Å². The molecule has 0 amide bonds. The van der Waals surface area contributed by atoms with Crippen molar-refractivity contribution in [3.63, 3.8) is 0 Å². The van der Waals surface area contributed by atoms with E-state index in [-0.39, 0.29) is 12.0 Å². The van der Waals surface area contributed by atoms with Crippen molar-refractivity contribution < 1.29 is 23.1 Å². The van der Waals surface area contributed by atoms with Crippen molar-refractivity contribution >= 4 is 7.60 Å². The summed E-state index contributed by atoms with van der Waals surface area (Å²) in [5.74, 6) is 0. The molecule has 4 atom stereocenters. The van der Waals surface area contributed by atoms with E-state index in [2.05, 4.69) is 9.51 Å². The molecule has 0 spiro atoms. The van der Waals surface area contributed by atoms with Crippen molar-refractivity contribution in [3.8, 4) is 0 Å². The van der Waals surface area contributed by atoms with Gasteiger partial charge in [-0.3, -0.25) is 18.9 Å². The van der Waals surface area contributed by atoms with Gasteiger partial charge in [-0.15, -0.1) is 0 Å². The van der Waals surface area contributed by atoms with Crippen molar-refractivity contribution in [2.24, 2.45) is 0 Å². The third kappa shape index (κ3) is 3.49. The predicted molar refractivity (Wildman–Crippen MR) is 71.2 cm³/mol. The fourth-order valence-corrected chi connectivity index (χ4v) is 3.04. The van der Waals surface area contributed by atoms with Gasteiger partial charge in [0, 0.05) is 25.3 Å². The van der Waals surface area contributed by atoms with Crippen LogP contribution in [0.1, 0.15) is 18.2 Å². The predicted octanol–water partition coefficient (Wildman–Crippen LogP) is 0.302. The summed E-state index contributed by atoms with van der Waals surface area (Å²) in [5, 5.41) is 0. The van der Waals surface area contributed by atoms with Gasteiger partial charge in [-0.2, -0.15) is 0 Å². The van der Waals surface area contributed by atoms with Crippen LogP contribution in [0, 0.1) is 6.92 Å². The number of rotatable bonds is 4. The number of aryl methyl sites for hydroxylation is 1. The van der Waals surface area contributed by atoms with Crippen LogP contribution in [-0.2, 0) is 13.8 Å². The molecule has 1 aliphatic rings. The summed E-state index contributed by atoms with van der Waals surface area (Å²) in [4.78, 5) is 34.5. The molecule has 0 bridgehead atoms. The van der Waals surface area contributed by atoms with Crippen LogP contribution in [0.25, 0.3) is 0 Å². The Hall–Kier alpha value is -1.28. The van der Waals surface area contributed by atoms with E-state index in [0.717, 1.165) is 11.7 Å². The average molecular weight is 322 g/mol. The zero-order valence-corrected chi connectivity index (χ0v) is 12.4. The van der Waals surface area contributed by atoms with Gasteiger partial charge in [-0.05, 0) is 6.92 Å². The summed E-state index contributed by atoms with van der Waals surface area (Å²) in [7, 11) is -2.87. The second-order valence-corrected chi connectivity index (χ2v) is 6.87. The molecule has 2 rings (SSSR count). The van der Waals surface area contributed by atoms with Crippen molar-refractivity contribution in [3.05, 3.63) is 32.6 Å². The highest BCUT2D eigenvalue weighted by molar-refractivity contribution is 7.52. The Kier molecular flexibility index (Phi) is 4.48.